The molecule has 0 radical (unpaired) electrons. The number of aryl methyl sites for hydroxylation is 1. The second-order valence-corrected chi connectivity index (χ2v) is 8.84. The van der Waals surface area contributed by atoms with E-state index in [9.17, 15) is 17.6 Å². The molecule has 0 aliphatic heterocycles. The lowest BCUT2D eigenvalue weighted by molar-refractivity contribution is -0.121. The minimum atomic E-state index is -3.70. The molecule has 2 aromatic carbocycles. The maximum Gasteiger partial charge on any atom is 0.242 e. The zero-order chi connectivity index (χ0) is 21.4. The van der Waals surface area contributed by atoms with Crippen LogP contribution in [0.25, 0.3) is 0 Å². The minimum absolute atomic E-state index is 0.0259. The van der Waals surface area contributed by atoms with Crippen LogP contribution in [0.15, 0.2) is 47.4 Å². The lowest BCUT2D eigenvalue weighted by atomic mass is 10.1. The van der Waals surface area contributed by atoms with Crippen LogP contribution in [0.4, 0.5) is 4.39 Å². The Kier molecular flexibility index (Phi) is 8.16. The highest BCUT2D eigenvalue weighted by molar-refractivity contribution is 7.89. The minimum Gasteiger partial charge on any atom is -0.496 e. The molecule has 0 fully saturated rings. The number of rotatable bonds is 10. The molecule has 6 nitrogen and oxygen atoms in total. The van der Waals surface area contributed by atoms with Gasteiger partial charge < -0.3 is 10.1 Å². The molecule has 1 amide bonds. The van der Waals surface area contributed by atoms with E-state index in [0.717, 1.165) is 29.0 Å². The van der Waals surface area contributed by atoms with Gasteiger partial charge in [0.25, 0.3) is 0 Å². The lowest BCUT2D eigenvalue weighted by Gasteiger charge is -2.17. The molecular formula is C21H27FN2O4S. The van der Waals surface area contributed by atoms with Crippen molar-refractivity contribution >= 4 is 15.9 Å². The summed E-state index contributed by atoms with van der Waals surface area (Å²) >= 11 is 0. The number of hydrogen-bond acceptors (Lipinski definition) is 4. The molecule has 0 atom stereocenters. The smallest absolute Gasteiger partial charge is 0.242 e. The number of hydrogen-bond donors (Lipinski definition) is 1. The summed E-state index contributed by atoms with van der Waals surface area (Å²) in [5, 5.41) is 2.85. The van der Waals surface area contributed by atoms with E-state index in [4.69, 9.17) is 4.74 Å². The van der Waals surface area contributed by atoms with Crippen molar-refractivity contribution in [3.63, 3.8) is 0 Å². The summed E-state index contributed by atoms with van der Waals surface area (Å²) < 4.78 is 44.3. The Morgan fingerprint density at radius 3 is 2.52 bits per heavy atom. The fraction of sp³-hybridized carbons (Fsp3) is 0.381. The third kappa shape index (κ3) is 6.54. The highest BCUT2D eigenvalue weighted by Crippen LogP contribution is 2.20. The SMILES string of the molecule is COc1ccc(C)cc1CCNC(=O)CCCN(C)S(=O)(=O)c1ccc(F)cc1. The van der Waals surface area contributed by atoms with Crippen LogP contribution in [-0.2, 0) is 21.2 Å². The monoisotopic (exact) mass is 422 g/mol. The van der Waals surface area contributed by atoms with Crippen molar-refractivity contribution in [3.8, 4) is 5.75 Å². The van der Waals surface area contributed by atoms with Crippen molar-refractivity contribution in [2.24, 2.45) is 0 Å². The van der Waals surface area contributed by atoms with Crippen molar-refractivity contribution in [2.75, 3.05) is 27.2 Å². The zero-order valence-electron chi connectivity index (χ0n) is 16.9. The molecule has 0 aliphatic carbocycles. The fourth-order valence-corrected chi connectivity index (χ4v) is 4.11. The first-order valence-corrected chi connectivity index (χ1v) is 10.8. The number of methoxy groups -OCH3 is 1. The van der Waals surface area contributed by atoms with Gasteiger partial charge in [-0.15, -0.1) is 0 Å². The standard InChI is InChI=1S/C21H27FN2O4S/c1-16-6-11-20(28-3)17(15-16)12-13-23-21(25)5-4-14-24(2)29(26,27)19-9-7-18(22)8-10-19/h6-11,15H,4-5,12-14H2,1-3H3,(H,23,25). The average molecular weight is 423 g/mol. The molecule has 29 heavy (non-hydrogen) atoms. The Morgan fingerprint density at radius 2 is 1.86 bits per heavy atom. The number of amides is 1. The molecule has 0 saturated heterocycles. The predicted octanol–water partition coefficient (Wildman–Crippen LogP) is 2.90. The number of carbonyl (C=O) groups is 1. The second-order valence-electron chi connectivity index (χ2n) is 6.80. The van der Waals surface area contributed by atoms with Gasteiger partial charge >= 0.3 is 0 Å². The quantitative estimate of drug-likeness (QED) is 0.639. The van der Waals surface area contributed by atoms with Crippen molar-refractivity contribution in [1.29, 1.82) is 0 Å². The number of nitrogens with zero attached hydrogens (tertiary/aromatic N) is 1. The topological polar surface area (TPSA) is 75.7 Å². The van der Waals surface area contributed by atoms with E-state index in [0.29, 0.717) is 19.4 Å². The fourth-order valence-electron chi connectivity index (χ4n) is 2.90. The van der Waals surface area contributed by atoms with Gasteiger partial charge in [-0.1, -0.05) is 17.7 Å². The van der Waals surface area contributed by atoms with Crippen molar-refractivity contribution in [3.05, 3.63) is 59.4 Å². The van der Waals surface area contributed by atoms with Crippen LogP contribution in [0.5, 0.6) is 5.75 Å². The van der Waals surface area contributed by atoms with Gasteiger partial charge in [0.1, 0.15) is 11.6 Å². The van der Waals surface area contributed by atoms with Gasteiger partial charge in [0.15, 0.2) is 0 Å². The molecule has 1 N–H and O–H groups in total. The van der Waals surface area contributed by atoms with Gasteiger partial charge in [-0.2, -0.15) is 0 Å². The van der Waals surface area contributed by atoms with Gasteiger partial charge in [-0.3, -0.25) is 4.79 Å². The Hall–Kier alpha value is -2.45. The molecule has 8 heteroatoms. The number of sulfonamides is 1. The van der Waals surface area contributed by atoms with E-state index >= 15 is 0 Å². The van der Waals surface area contributed by atoms with E-state index in [-0.39, 0.29) is 23.8 Å². The summed E-state index contributed by atoms with van der Waals surface area (Å²) in [5.41, 5.74) is 2.15. The van der Waals surface area contributed by atoms with E-state index in [1.807, 2.05) is 25.1 Å². The first kappa shape index (κ1) is 22.8. The Bertz CT molecular complexity index is 930. The van der Waals surface area contributed by atoms with Crippen LogP contribution < -0.4 is 10.1 Å². The summed E-state index contributed by atoms with van der Waals surface area (Å²) in [6.07, 6.45) is 1.25. The highest BCUT2D eigenvalue weighted by atomic mass is 32.2. The number of carbonyl (C=O) groups excluding carboxylic acids is 1. The first-order chi connectivity index (χ1) is 13.7. The second kappa shape index (κ2) is 10.4. The molecule has 158 valence electrons. The van der Waals surface area contributed by atoms with E-state index < -0.39 is 15.8 Å². The molecule has 0 aliphatic rings. The van der Waals surface area contributed by atoms with Crippen LogP contribution in [0.3, 0.4) is 0 Å². The molecule has 0 bridgehead atoms. The third-order valence-electron chi connectivity index (χ3n) is 4.55. The largest absolute Gasteiger partial charge is 0.496 e. The lowest BCUT2D eigenvalue weighted by Crippen LogP contribution is -2.30. The van der Waals surface area contributed by atoms with Crippen LogP contribution >= 0.6 is 0 Å². The summed E-state index contributed by atoms with van der Waals surface area (Å²) in [6, 6.07) is 10.6. The van der Waals surface area contributed by atoms with Gasteiger partial charge in [0.2, 0.25) is 15.9 Å². The Labute approximate surface area is 171 Å². The third-order valence-corrected chi connectivity index (χ3v) is 6.42. The summed E-state index contributed by atoms with van der Waals surface area (Å²) in [4.78, 5) is 12.1. The van der Waals surface area contributed by atoms with Gasteiger partial charge in [0.05, 0.1) is 12.0 Å². The summed E-state index contributed by atoms with van der Waals surface area (Å²) in [6.45, 7) is 2.67. The molecule has 0 spiro atoms. The van der Waals surface area contributed by atoms with Crippen LogP contribution in [-0.4, -0.2) is 45.9 Å². The van der Waals surface area contributed by atoms with Gasteiger partial charge in [0, 0.05) is 26.6 Å². The number of halogens is 1. The molecule has 0 unspecified atom stereocenters. The summed E-state index contributed by atoms with van der Waals surface area (Å²) in [5.74, 6) is 0.160. The normalized spacial score (nSPS) is 11.5. The van der Waals surface area contributed by atoms with Crippen LogP contribution in [0.1, 0.15) is 24.0 Å². The maximum absolute atomic E-state index is 13.0. The first-order valence-electron chi connectivity index (χ1n) is 9.36. The average Bonchev–Trinajstić information content (AvgIpc) is 2.68. The Balaban J connectivity index is 1.77. The molecule has 0 saturated carbocycles. The zero-order valence-corrected chi connectivity index (χ0v) is 17.8. The van der Waals surface area contributed by atoms with Crippen molar-refractivity contribution in [2.45, 2.75) is 31.1 Å². The highest BCUT2D eigenvalue weighted by Gasteiger charge is 2.20. The van der Waals surface area contributed by atoms with Crippen molar-refractivity contribution in [1.82, 2.24) is 9.62 Å². The molecule has 2 rings (SSSR count). The van der Waals surface area contributed by atoms with E-state index in [1.165, 1.54) is 23.5 Å². The van der Waals surface area contributed by atoms with Crippen LogP contribution in [0.2, 0.25) is 0 Å². The Morgan fingerprint density at radius 1 is 1.17 bits per heavy atom. The van der Waals surface area contributed by atoms with Crippen molar-refractivity contribution < 1.29 is 22.3 Å². The van der Waals surface area contributed by atoms with E-state index in [1.54, 1.807) is 7.11 Å². The van der Waals surface area contributed by atoms with Gasteiger partial charge in [-0.05, 0) is 55.7 Å². The molecule has 0 aromatic heterocycles. The van der Waals surface area contributed by atoms with E-state index in [2.05, 4.69) is 5.32 Å². The van der Waals surface area contributed by atoms with Gasteiger partial charge in [-0.25, -0.2) is 17.1 Å². The number of nitrogens with one attached hydrogen (secondary N) is 1. The van der Waals surface area contributed by atoms with Crippen LogP contribution in [0, 0.1) is 12.7 Å². The number of benzene rings is 2. The molecule has 2 aromatic rings. The molecule has 0 heterocycles. The predicted molar refractivity (Wildman–Crippen MR) is 110 cm³/mol. The maximum atomic E-state index is 13.0. The summed E-state index contributed by atoms with van der Waals surface area (Å²) in [7, 11) is -0.638. The number of ether oxygens (including phenoxy) is 1. The molecular weight excluding hydrogens is 395 g/mol.